The summed E-state index contributed by atoms with van der Waals surface area (Å²) >= 11 is 3.46. The molecule has 3 aromatic carbocycles. The molecule has 0 bridgehead atoms. The van der Waals surface area contributed by atoms with Crippen LogP contribution in [0.25, 0.3) is 11.0 Å². The number of non-ortho nitro benzene ring substituents is 1. The van der Waals surface area contributed by atoms with E-state index in [1.165, 1.54) is 25.5 Å². The second-order valence-corrected chi connectivity index (χ2v) is 7.94. The quantitative estimate of drug-likeness (QED) is 0.186. The van der Waals surface area contributed by atoms with Gasteiger partial charge in [0.05, 0.1) is 18.2 Å². The van der Waals surface area contributed by atoms with Gasteiger partial charge in [-0.25, -0.2) is 5.43 Å². The lowest BCUT2D eigenvalue weighted by Crippen LogP contribution is -2.16. The van der Waals surface area contributed by atoms with Crippen LogP contribution in [-0.2, 0) is 6.61 Å². The Morgan fingerprint density at radius 3 is 2.74 bits per heavy atom. The Hall–Kier alpha value is -4.18. The number of hydrogen-bond acceptors (Lipinski definition) is 7. The number of rotatable bonds is 8. The van der Waals surface area contributed by atoms with Crippen molar-refractivity contribution in [3.8, 4) is 11.5 Å². The van der Waals surface area contributed by atoms with Crippen LogP contribution in [0, 0.1) is 10.1 Å². The highest BCUT2D eigenvalue weighted by molar-refractivity contribution is 9.10. The van der Waals surface area contributed by atoms with Crippen molar-refractivity contribution in [2.24, 2.45) is 5.10 Å². The van der Waals surface area contributed by atoms with Gasteiger partial charge in [-0.15, -0.1) is 0 Å². The molecule has 0 aliphatic carbocycles. The summed E-state index contributed by atoms with van der Waals surface area (Å²) in [4.78, 5) is 22.8. The van der Waals surface area contributed by atoms with Crippen LogP contribution in [0.5, 0.6) is 11.5 Å². The minimum Gasteiger partial charge on any atom is -0.493 e. The third kappa shape index (κ3) is 5.24. The van der Waals surface area contributed by atoms with Gasteiger partial charge >= 0.3 is 5.91 Å². The van der Waals surface area contributed by atoms with Crippen LogP contribution in [0.1, 0.15) is 21.7 Å². The molecule has 0 fully saturated rings. The van der Waals surface area contributed by atoms with Crippen molar-refractivity contribution in [1.29, 1.82) is 0 Å². The fourth-order valence-corrected chi connectivity index (χ4v) is 3.58. The first-order valence-electron chi connectivity index (χ1n) is 10.0. The van der Waals surface area contributed by atoms with Gasteiger partial charge in [0.15, 0.2) is 17.3 Å². The summed E-state index contributed by atoms with van der Waals surface area (Å²) in [5.74, 6) is 0.537. The largest absolute Gasteiger partial charge is 0.493 e. The second-order valence-electron chi connectivity index (χ2n) is 7.09. The summed E-state index contributed by atoms with van der Waals surface area (Å²) in [7, 11) is 1.49. The molecule has 0 saturated carbocycles. The molecule has 1 amide bonds. The summed E-state index contributed by atoms with van der Waals surface area (Å²) in [6.45, 7) is 0.117. The van der Waals surface area contributed by atoms with Crippen LogP contribution < -0.4 is 14.9 Å². The van der Waals surface area contributed by atoms with Crippen molar-refractivity contribution in [2.45, 2.75) is 6.61 Å². The highest BCUT2D eigenvalue weighted by atomic mass is 79.9. The number of ether oxygens (including phenoxy) is 2. The van der Waals surface area contributed by atoms with Gasteiger partial charge in [-0.1, -0.05) is 30.3 Å². The summed E-state index contributed by atoms with van der Waals surface area (Å²) in [6, 6.07) is 18.5. The van der Waals surface area contributed by atoms with E-state index in [1.54, 1.807) is 36.4 Å². The van der Waals surface area contributed by atoms with E-state index in [0.29, 0.717) is 32.7 Å². The number of halogens is 1. The van der Waals surface area contributed by atoms with E-state index < -0.39 is 10.8 Å². The number of nitro benzene ring substituents is 1. The molecule has 1 aromatic heterocycles. The molecule has 1 heterocycles. The maximum absolute atomic E-state index is 12.3. The lowest BCUT2D eigenvalue weighted by Gasteiger charge is -2.12. The number of nitrogens with zero attached hydrogens (tertiary/aromatic N) is 2. The number of fused-ring (bicyclic) bond motifs is 1. The molecular weight excluding hydrogens is 506 g/mol. The molecule has 0 aliphatic rings. The molecule has 172 valence electrons. The van der Waals surface area contributed by atoms with Crippen LogP contribution in [0.15, 0.2) is 80.7 Å². The monoisotopic (exact) mass is 523 g/mol. The lowest BCUT2D eigenvalue weighted by molar-refractivity contribution is -0.384. The predicted molar refractivity (Wildman–Crippen MR) is 129 cm³/mol. The zero-order valence-electron chi connectivity index (χ0n) is 17.9. The number of amides is 1. The molecule has 0 saturated heterocycles. The molecule has 1 N–H and O–H groups in total. The van der Waals surface area contributed by atoms with Crippen molar-refractivity contribution in [3.63, 3.8) is 0 Å². The lowest BCUT2D eigenvalue weighted by atomic mass is 10.2. The smallest absolute Gasteiger partial charge is 0.307 e. The number of benzene rings is 3. The van der Waals surface area contributed by atoms with E-state index in [1.807, 2.05) is 18.2 Å². The van der Waals surface area contributed by atoms with Crippen LogP contribution >= 0.6 is 15.9 Å². The number of carbonyl (C=O) groups is 1. The molecule has 0 aliphatic heterocycles. The van der Waals surface area contributed by atoms with E-state index in [0.717, 1.165) is 5.39 Å². The Labute approximate surface area is 202 Å². The van der Waals surface area contributed by atoms with Crippen molar-refractivity contribution in [1.82, 2.24) is 5.43 Å². The van der Waals surface area contributed by atoms with Crippen molar-refractivity contribution >= 4 is 44.7 Å². The zero-order chi connectivity index (χ0) is 24.1. The van der Waals surface area contributed by atoms with Crippen LogP contribution in [-0.4, -0.2) is 24.2 Å². The second kappa shape index (κ2) is 10.2. The Morgan fingerprint density at radius 1 is 1.15 bits per heavy atom. The van der Waals surface area contributed by atoms with Gasteiger partial charge in [0, 0.05) is 27.6 Å². The first kappa shape index (κ1) is 23.0. The molecule has 0 unspecified atom stereocenters. The number of hydrogen-bond donors (Lipinski definition) is 1. The molecular formula is C24H18BrN3O6. The van der Waals surface area contributed by atoms with Crippen LogP contribution in [0.2, 0.25) is 0 Å². The molecule has 0 spiro atoms. The molecule has 0 atom stereocenters. The van der Waals surface area contributed by atoms with Crippen LogP contribution in [0.4, 0.5) is 5.69 Å². The molecule has 4 aromatic rings. The Bertz CT molecular complexity index is 1370. The normalized spacial score (nSPS) is 11.0. The Morgan fingerprint density at radius 2 is 1.97 bits per heavy atom. The molecule has 9 nitrogen and oxygen atoms in total. The number of para-hydroxylation sites is 1. The standard InChI is InChI=1S/C24H18BrN3O6/c1-32-21-11-17(13-26-27-24(29)23-10-16-6-2-3-8-20(16)34-23)19(25)12-22(21)33-14-15-5-4-7-18(9-15)28(30)31/h2-13H,14H2,1H3,(H,27,29)/b26-13-. The van der Waals surface area contributed by atoms with E-state index in [-0.39, 0.29) is 18.1 Å². The van der Waals surface area contributed by atoms with E-state index >= 15 is 0 Å². The van der Waals surface area contributed by atoms with Gasteiger partial charge in [-0.05, 0) is 45.8 Å². The van der Waals surface area contributed by atoms with Gasteiger partial charge in [-0.3, -0.25) is 14.9 Å². The van der Waals surface area contributed by atoms with Crippen molar-refractivity contribution < 1.29 is 23.6 Å². The maximum atomic E-state index is 12.3. The third-order valence-electron chi connectivity index (χ3n) is 4.82. The number of nitro groups is 1. The number of methoxy groups -OCH3 is 1. The van der Waals surface area contributed by atoms with Gasteiger partial charge in [0.2, 0.25) is 0 Å². The summed E-state index contributed by atoms with van der Waals surface area (Å²) < 4.78 is 17.4. The van der Waals surface area contributed by atoms with Crippen molar-refractivity contribution in [3.05, 3.63) is 98.2 Å². The number of furan rings is 1. The maximum Gasteiger partial charge on any atom is 0.307 e. The predicted octanol–water partition coefficient (Wildman–Crippen LogP) is 5.46. The zero-order valence-corrected chi connectivity index (χ0v) is 19.4. The number of carbonyl (C=O) groups excluding carboxylic acids is 1. The summed E-state index contributed by atoms with van der Waals surface area (Å²) in [6.07, 6.45) is 1.46. The number of hydrazone groups is 1. The number of nitrogens with one attached hydrogen (secondary N) is 1. The topological polar surface area (TPSA) is 116 Å². The van der Waals surface area contributed by atoms with E-state index in [9.17, 15) is 14.9 Å². The van der Waals surface area contributed by atoms with Gasteiger partial charge < -0.3 is 13.9 Å². The SMILES string of the molecule is COc1cc(/C=N\NC(=O)c2cc3ccccc3o2)c(Br)cc1OCc1cccc([N+](=O)[O-])c1. The minimum atomic E-state index is -0.479. The molecule has 0 radical (unpaired) electrons. The molecule has 4 rings (SSSR count). The first-order chi connectivity index (χ1) is 16.4. The average molecular weight is 524 g/mol. The third-order valence-corrected chi connectivity index (χ3v) is 5.50. The minimum absolute atomic E-state index is 0.00880. The van der Waals surface area contributed by atoms with Crippen LogP contribution in [0.3, 0.4) is 0 Å². The van der Waals surface area contributed by atoms with Crippen molar-refractivity contribution in [2.75, 3.05) is 7.11 Å². The summed E-state index contributed by atoms with van der Waals surface area (Å²) in [5.41, 5.74) is 4.32. The van der Waals surface area contributed by atoms with Gasteiger partial charge in [0.1, 0.15) is 12.2 Å². The van der Waals surface area contributed by atoms with Gasteiger partial charge in [-0.2, -0.15) is 5.10 Å². The summed E-state index contributed by atoms with van der Waals surface area (Å²) in [5, 5.41) is 15.8. The first-order valence-corrected chi connectivity index (χ1v) is 10.8. The molecule has 34 heavy (non-hydrogen) atoms. The van der Waals surface area contributed by atoms with Gasteiger partial charge in [0.25, 0.3) is 5.69 Å². The van der Waals surface area contributed by atoms with E-state index in [2.05, 4.69) is 26.5 Å². The Balaban J connectivity index is 1.44. The highest BCUT2D eigenvalue weighted by Crippen LogP contribution is 2.33. The van der Waals surface area contributed by atoms with E-state index in [4.69, 9.17) is 13.9 Å². The fourth-order valence-electron chi connectivity index (χ4n) is 3.15. The molecule has 10 heteroatoms. The average Bonchev–Trinajstić information content (AvgIpc) is 3.28. The fraction of sp³-hybridized carbons (Fsp3) is 0.0833. The Kier molecular flexibility index (Phi) is 6.88. The highest BCUT2D eigenvalue weighted by Gasteiger charge is 2.13.